The molecule has 2 aromatic rings. The predicted octanol–water partition coefficient (Wildman–Crippen LogP) is 1.07. The molecule has 7 heteroatoms. The van der Waals surface area contributed by atoms with Gasteiger partial charge in [-0.25, -0.2) is 4.90 Å². The van der Waals surface area contributed by atoms with Crippen LogP contribution in [0.5, 0.6) is 0 Å². The normalized spacial score (nSPS) is 29.0. The molecule has 2 N–H and O–H groups in total. The minimum Gasteiger partial charge on any atom is -0.332 e. The number of hydrogen-bond donors (Lipinski definition) is 1. The van der Waals surface area contributed by atoms with Crippen molar-refractivity contribution in [3.8, 4) is 0 Å². The molecule has 3 aliphatic rings. The molecule has 0 unspecified atom stereocenters. The molecule has 2 saturated heterocycles. The Morgan fingerprint density at radius 2 is 1.40 bits per heavy atom. The minimum absolute atomic E-state index is 0.0225. The summed E-state index contributed by atoms with van der Waals surface area (Å²) in [4.78, 5) is 37.4. The van der Waals surface area contributed by atoms with Crippen molar-refractivity contribution in [2.75, 3.05) is 4.90 Å². The Kier molecular flexibility index (Phi) is 2.71. The highest BCUT2D eigenvalue weighted by molar-refractivity contribution is 6.22. The number of nitrogens with two attached hydrogens (primary N) is 1. The minimum atomic E-state index is -0.502. The van der Waals surface area contributed by atoms with E-state index in [-0.39, 0.29) is 41.4 Å². The average molecular weight is 336 g/mol. The lowest BCUT2D eigenvalue weighted by molar-refractivity contribution is -0.707. The molecule has 25 heavy (non-hydrogen) atoms. The molecule has 0 saturated carbocycles. The molecule has 3 aliphatic heterocycles. The van der Waals surface area contributed by atoms with E-state index < -0.39 is 4.92 Å². The Morgan fingerprint density at radius 1 is 0.880 bits per heavy atom. The molecule has 4 atom stereocenters. The summed E-state index contributed by atoms with van der Waals surface area (Å²) >= 11 is 0. The van der Waals surface area contributed by atoms with Crippen molar-refractivity contribution in [2.45, 2.75) is 12.1 Å². The van der Waals surface area contributed by atoms with Crippen molar-refractivity contribution >= 4 is 23.2 Å². The smallest absolute Gasteiger partial charge is 0.269 e. The number of benzene rings is 2. The van der Waals surface area contributed by atoms with E-state index in [1.54, 1.807) is 0 Å². The lowest BCUT2D eigenvalue weighted by atomic mass is 9.77. The number of nitrogens with zero attached hydrogens (tertiary/aromatic N) is 2. The third-order valence-corrected chi connectivity index (χ3v) is 5.62. The molecule has 0 radical (unpaired) electrons. The van der Waals surface area contributed by atoms with Crippen LogP contribution in [0.4, 0.5) is 11.4 Å². The number of non-ortho nitro benzene ring substituents is 1. The SMILES string of the molecule is O=C1[C@@H]2[C@H](C(=O)N1c1ccc([N+](=O)[O-])cc1)[C@@H]1[NH2+][C@H]2c2ccccc21. The van der Waals surface area contributed by atoms with Crippen LogP contribution in [-0.4, -0.2) is 16.7 Å². The van der Waals surface area contributed by atoms with Gasteiger partial charge < -0.3 is 5.32 Å². The van der Waals surface area contributed by atoms with E-state index in [4.69, 9.17) is 0 Å². The van der Waals surface area contributed by atoms with E-state index in [9.17, 15) is 19.7 Å². The second-order valence-corrected chi connectivity index (χ2v) is 6.71. The van der Waals surface area contributed by atoms with Crippen LogP contribution in [0, 0.1) is 22.0 Å². The number of carbonyl (C=O) groups excluding carboxylic acids is 2. The maximum Gasteiger partial charge on any atom is 0.269 e. The molecule has 2 amide bonds. The second-order valence-electron chi connectivity index (χ2n) is 6.71. The van der Waals surface area contributed by atoms with Crippen molar-refractivity contribution in [2.24, 2.45) is 11.8 Å². The van der Waals surface area contributed by atoms with Crippen molar-refractivity contribution in [3.05, 3.63) is 69.8 Å². The summed E-state index contributed by atoms with van der Waals surface area (Å²) in [5, 5.41) is 12.9. The molecule has 2 aromatic carbocycles. The molecule has 3 heterocycles. The summed E-state index contributed by atoms with van der Waals surface area (Å²) in [5.41, 5.74) is 2.61. The van der Waals surface area contributed by atoms with Gasteiger partial charge >= 0.3 is 0 Å². The average Bonchev–Trinajstić information content (AvgIpc) is 3.26. The quantitative estimate of drug-likeness (QED) is 0.504. The standard InChI is InChI=1S/C18H13N3O4/c22-17-13-14(16-12-4-2-1-3-11(12)15(13)19-16)18(23)20(17)9-5-7-10(8-6-9)21(24)25/h1-8,13-16,19H/p+1/t13-,14+,15+,16-. The molecule has 5 rings (SSSR count). The Morgan fingerprint density at radius 3 is 1.88 bits per heavy atom. The summed E-state index contributed by atoms with van der Waals surface area (Å²) in [5.74, 6) is -1.13. The van der Waals surface area contributed by atoms with Crippen molar-refractivity contribution in [3.63, 3.8) is 0 Å². The number of rotatable bonds is 2. The highest BCUT2D eigenvalue weighted by Gasteiger charge is 2.66. The summed E-state index contributed by atoms with van der Waals surface area (Å²) in [6, 6.07) is 13.5. The van der Waals surface area contributed by atoms with Crippen LogP contribution in [0.15, 0.2) is 48.5 Å². The van der Waals surface area contributed by atoms with Crippen molar-refractivity contribution in [1.82, 2.24) is 0 Å². The Bertz CT molecular complexity index is 893. The summed E-state index contributed by atoms with van der Waals surface area (Å²) in [6.45, 7) is 0. The van der Waals surface area contributed by atoms with Gasteiger partial charge in [-0.3, -0.25) is 19.7 Å². The molecule has 124 valence electrons. The lowest BCUT2D eigenvalue weighted by Gasteiger charge is -2.16. The maximum atomic E-state index is 13.0. The van der Waals surface area contributed by atoms with Gasteiger partial charge in [0.15, 0.2) is 0 Å². The van der Waals surface area contributed by atoms with Crippen LogP contribution in [0.25, 0.3) is 0 Å². The first-order chi connectivity index (χ1) is 12.1. The molecular weight excluding hydrogens is 322 g/mol. The van der Waals surface area contributed by atoms with Crippen LogP contribution in [0.2, 0.25) is 0 Å². The Balaban J connectivity index is 1.54. The zero-order valence-corrected chi connectivity index (χ0v) is 13.0. The molecule has 7 nitrogen and oxygen atoms in total. The van der Waals surface area contributed by atoms with Gasteiger partial charge in [-0.1, -0.05) is 24.3 Å². The van der Waals surface area contributed by atoms with Gasteiger partial charge in [0, 0.05) is 23.3 Å². The fourth-order valence-corrected chi connectivity index (χ4v) is 4.62. The van der Waals surface area contributed by atoms with Crippen LogP contribution in [0.3, 0.4) is 0 Å². The fraction of sp³-hybridized carbons (Fsp3) is 0.222. The second kappa shape index (κ2) is 4.73. The predicted molar refractivity (Wildman–Crippen MR) is 86.4 cm³/mol. The first-order valence-electron chi connectivity index (χ1n) is 8.14. The highest BCUT2D eigenvalue weighted by Crippen LogP contribution is 2.51. The molecule has 2 bridgehead atoms. The topological polar surface area (TPSA) is 97.1 Å². The Labute approximate surface area is 142 Å². The maximum absolute atomic E-state index is 13.0. The van der Waals surface area contributed by atoms with Gasteiger partial charge in [0.2, 0.25) is 11.8 Å². The lowest BCUT2D eigenvalue weighted by Crippen LogP contribution is -2.81. The van der Waals surface area contributed by atoms with E-state index in [1.807, 2.05) is 24.3 Å². The number of carbonyl (C=O) groups is 2. The highest BCUT2D eigenvalue weighted by atomic mass is 16.6. The number of fused-ring (bicyclic) bond motifs is 8. The molecular formula is C18H14N3O4+. The number of nitro benzene ring substituents is 1. The van der Waals surface area contributed by atoms with E-state index >= 15 is 0 Å². The van der Waals surface area contributed by atoms with Crippen molar-refractivity contribution < 1.29 is 19.8 Å². The first kappa shape index (κ1) is 14.3. The van der Waals surface area contributed by atoms with E-state index in [1.165, 1.54) is 29.2 Å². The van der Waals surface area contributed by atoms with Crippen LogP contribution in [-0.2, 0) is 9.59 Å². The zero-order valence-electron chi connectivity index (χ0n) is 13.0. The molecule has 2 fully saturated rings. The number of quaternary nitrogens is 1. The molecule has 0 spiro atoms. The first-order valence-corrected chi connectivity index (χ1v) is 8.14. The summed E-state index contributed by atoms with van der Waals surface area (Å²) < 4.78 is 0. The summed E-state index contributed by atoms with van der Waals surface area (Å²) in [6.07, 6.45) is 0. The van der Waals surface area contributed by atoms with Gasteiger partial charge in [-0.05, 0) is 12.1 Å². The number of nitro groups is 1. The fourth-order valence-electron chi connectivity index (χ4n) is 4.62. The number of amides is 2. The van der Waals surface area contributed by atoms with Gasteiger partial charge in [0.05, 0.1) is 10.6 Å². The van der Waals surface area contributed by atoms with Gasteiger partial charge in [0.25, 0.3) is 5.69 Å². The number of hydrogen-bond acceptors (Lipinski definition) is 4. The summed E-state index contributed by atoms with van der Waals surface area (Å²) in [7, 11) is 0. The Hall–Kier alpha value is -3.06. The third kappa shape index (κ3) is 1.73. The molecule has 0 aliphatic carbocycles. The van der Waals surface area contributed by atoms with Crippen LogP contribution >= 0.6 is 0 Å². The van der Waals surface area contributed by atoms with E-state index in [0.29, 0.717) is 5.69 Å². The van der Waals surface area contributed by atoms with Crippen molar-refractivity contribution in [1.29, 1.82) is 0 Å². The van der Waals surface area contributed by atoms with Crippen LogP contribution < -0.4 is 10.2 Å². The molecule has 0 aromatic heterocycles. The van der Waals surface area contributed by atoms with Gasteiger partial charge in [-0.2, -0.15) is 0 Å². The van der Waals surface area contributed by atoms with E-state index in [2.05, 4.69) is 5.32 Å². The number of anilines is 1. The zero-order chi connectivity index (χ0) is 17.3. The van der Waals surface area contributed by atoms with Gasteiger partial charge in [-0.15, -0.1) is 0 Å². The van der Waals surface area contributed by atoms with Gasteiger partial charge in [0.1, 0.15) is 23.9 Å². The monoisotopic (exact) mass is 336 g/mol. The number of imide groups is 1. The van der Waals surface area contributed by atoms with Crippen LogP contribution in [0.1, 0.15) is 23.2 Å². The van der Waals surface area contributed by atoms with E-state index in [0.717, 1.165) is 11.1 Å². The largest absolute Gasteiger partial charge is 0.332 e. The third-order valence-electron chi connectivity index (χ3n) is 5.62.